The van der Waals surface area contributed by atoms with Crippen molar-refractivity contribution in [2.24, 2.45) is 0 Å². The van der Waals surface area contributed by atoms with Crippen LogP contribution in [0.15, 0.2) is 48.5 Å². The molecule has 0 saturated carbocycles. The van der Waals surface area contributed by atoms with Gasteiger partial charge in [0.1, 0.15) is 11.5 Å². The average molecular weight is 330 g/mol. The van der Waals surface area contributed by atoms with Crippen LogP contribution in [0.5, 0.6) is 11.5 Å². The number of ether oxygens (including phenoxy) is 2. The molecule has 0 fully saturated rings. The molecule has 2 aromatic rings. The number of benzene rings is 2. The van der Waals surface area contributed by atoms with E-state index >= 15 is 0 Å². The van der Waals surface area contributed by atoms with Gasteiger partial charge >= 0.3 is 0 Å². The molecule has 0 aromatic heterocycles. The van der Waals surface area contributed by atoms with Crippen molar-refractivity contribution in [1.82, 2.24) is 5.32 Å². The highest BCUT2D eigenvalue weighted by molar-refractivity contribution is 7.80. The van der Waals surface area contributed by atoms with Crippen molar-refractivity contribution >= 4 is 23.0 Å². The van der Waals surface area contributed by atoms with Crippen LogP contribution in [0.2, 0.25) is 0 Å². The molecule has 0 heterocycles. The van der Waals surface area contributed by atoms with Gasteiger partial charge in [0, 0.05) is 18.3 Å². The van der Waals surface area contributed by atoms with Gasteiger partial charge in [0.25, 0.3) is 0 Å². The Labute approximate surface area is 142 Å². The van der Waals surface area contributed by atoms with Gasteiger partial charge in [-0.25, -0.2) is 0 Å². The molecular weight excluding hydrogens is 308 g/mol. The maximum absolute atomic E-state index is 5.67. The summed E-state index contributed by atoms with van der Waals surface area (Å²) in [6, 6.07) is 15.6. The van der Waals surface area contributed by atoms with Gasteiger partial charge in [0.2, 0.25) is 0 Å². The highest BCUT2D eigenvalue weighted by atomic mass is 32.1. The number of anilines is 1. The fraction of sp³-hybridized carbons (Fsp3) is 0.278. The number of nitrogens with one attached hydrogen (secondary N) is 2. The van der Waals surface area contributed by atoms with Gasteiger partial charge in [0.05, 0.1) is 13.2 Å². The van der Waals surface area contributed by atoms with E-state index in [4.69, 9.17) is 21.7 Å². The minimum atomic E-state index is 0.142. The van der Waals surface area contributed by atoms with Crippen molar-refractivity contribution in [2.75, 3.05) is 12.4 Å². The second kappa shape index (κ2) is 8.39. The first kappa shape index (κ1) is 17.1. The van der Waals surface area contributed by atoms with Crippen molar-refractivity contribution in [2.45, 2.75) is 26.5 Å². The van der Waals surface area contributed by atoms with Crippen LogP contribution in [-0.2, 0) is 6.54 Å². The molecule has 122 valence electrons. The molecule has 0 amide bonds. The predicted octanol–water partition coefficient (Wildman–Crippen LogP) is 3.97. The summed E-state index contributed by atoms with van der Waals surface area (Å²) in [6.45, 7) is 4.63. The average Bonchev–Trinajstić information content (AvgIpc) is 2.53. The van der Waals surface area contributed by atoms with Crippen molar-refractivity contribution in [3.8, 4) is 11.5 Å². The van der Waals surface area contributed by atoms with Crippen LogP contribution >= 0.6 is 12.2 Å². The Morgan fingerprint density at radius 1 is 1.09 bits per heavy atom. The predicted molar refractivity (Wildman–Crippen MR) is 98.3 cm³/mol. The molecule has 0 aliphatic carbocycles. The summed E-state index contributed by atoms with van der Waals surface area (Å²) in [5.41, 5.74) is 2.00. The topological polar surface area (TPSA) is 42.5 Å². The van der Waals surface area contributed by atoms with E-state index < -0.39 is 0 Å². The zero-order chi connectivity index (χ0) is 16.7. The molecule has 4 nitrogen and oxygen atoms in total. The summed E-state index contributed by atoms with van der Waals surface area (Å²) in [6.07, 6.45) is 0.142. The van der Waals surface area contributed by atoms with E-state index in [9.17, 15) is 0 Å². The third kappa shape index (κ3) is 5.79. The maximum Gasteiger partial charge on any atom is 0.171 e. The van der Waals surface area contributed by atoms with Crippen LogP contribution < -0.4 is 20.1 Å². The van der Waals surface area contributed by atoms with E-state index in [2.05, 4.69) is 10.6 Å². The number of methoxy groups -OCH3 is 1. The Balaban J connectivity index is 1.89. The molecule has 5 heteroatoms. The van der Waals surface area contributed by atoms with E-state index in [1.54, 1.807) is 7.11 Å². The third-order valence-corrected chi connectivity index (χ3v) is 3.30. The smallest absolute Gasteiger partial charge is 0.171 e. The summed E-state index contributed by atoms with van der Waals surface area (Å²) in [5, 5.41) is 6.91. The van der Waals surface area contributed by atoms with Crippen LogP contribution in [0.4, 0.5) is 5.69 Å². The van der Waals surface area contributed by atoms with Crippen LogP contribution in [0.3, 0.4) is 0 Å². The zero-order valence-corrected chi connectivity index (χ0v) is 14.4. The highest BCUT2D eigenvalue weighted by Crippen LogP contribution is 2.18. The van der Waals surface area contributed by atoms with E-state index in [0.29, 0.717) is 11.7 Å². The second-order valence-corrected chi connectivity index (χ2v) is 5.76. The summed E-state index contributed by atoms with van der Waals surface area (Å²) >= 11 is 5.33. The lowest BCUT2D eigenvalue weighted by Crippen LogP contribution is -2.27. The first-order valence-electron chi connectivity index (χ1n) is 7.51. The normalized spacial score (nSPS) is 10.3. The minimum Gasteiger partial charge on any atom is -0.497 e. The summed E-state index contributed by atoms with van der Waals surface area (Å²) in [7, 11) is 1.66. The molecule has 0 saturated heterocycles. The number of rotatable bonds is 6. The molecule has 2 N–H and O–H groups in total. The summed E-state index contributed by atoms with van der Waals surface area (Å²) in [5.74, 6) is 1.65. The molecule has 2 rings (SSSR count). The molecule has 0 spiro atoms. The number of thiocarbonyl (C=S) groups is 1. The standard InChI is InChI=1S/C18H22N2O2S/c1-13(2)22-17-9-5-7-15(11-17)20-18(23)19-12-14-6-4-8-16(10-14)21-3/h4-11,13H,12H2,1-3H3,(H2,19,20,23). The van der Waals surface area contributed by atoms with E-state index in [1.807, 2.05) is 62.4 Å². The minimum absolute atomic E-state index is 0.142. The van der Waals surface area contributed by atoms with E-state index in [-0.39, 0.29) is 6.10 Å². The van der Waals surface area contributed by atoms with Gasteiger partial charge in [0.15, 0.2) is 5.11 Å². The monoisotopic (exact) mass is 330 g/mol. The van der Waals surface area contributed by atoms with Gasteiger partial charge in [-0.1, -0.05) is 18.2 Å². The van der Waals surface area contributed by atoms with Crippen molar-refractivity contribution in [1.29, 1.82) is 0 Å². The van der Waals surface area contributed by atoms with E-state index in [1.165, 1.54) is 0 Å². The van der Waals surface area contributed by atoms with Crippen LogP contribution in [-0.4, -0.2) is 18.3 Å². The molecule has 0 aliphatic heterocycles. The largest absolute Gasteiger partial charge is 0.497 e. The van der Waals surface area contributed by atoms with Gasteiger partial charge in [-0.15, -0.1) is 0 Å². The van der Waals surface area contributed by atoms with Crippen molar-refractivity contribution < 1.29 is 9.47 Å². The molecule has 0 aliphatic rings. The fourth-order valence-corrected chi connectivity index (χ4v) is 2.25. The SMILES string of the molecule is COc1cccc(CNC(=S)Nc2cccc(OC(C)C)c2)c1. The quantitative estimate of drug-likeness (QED) is 0.785. The first-order valence-corrected chi connectivity index (χ1v) is 7.92. The van der Waals surface area contributed by atoms with E-state index in [0.717, 1.165) is 22.7 Å². The second-order valence-electron chi connectivity index (χ2n) is 5.35. The Bertz CT molecular complexity index is 659. The lowest BCUT2D eigenvalue weighted by Gasteiger charge is -2.13. The van der Waals surface area contributed by atoms with Crippen LogP contribution in [0.25, 0.3) is 0 Å². The van der Waals surface area contributed by atoms with Gasteiger partial charge in [-0.3, -0.25) is 0 Å². The molecule has 0 radical (unpaired) electrons. The summed E-state index contributed by atoms with van der Waals surface area (Å²) in [4.78, 5) is 0. The molecular formula is C18H22N2O2S. The zero-order valence-electron chi connectivity index (χ0n) is 13.6. The Morgan fingerprint density at radius 2 is 1.83 bits per heavy atom. The van der Waals surface area contributed by atoms with Gasteiger partial charge in [-0.05, 0) is 55.9 Å². The Morgan fingerprint density at radius 3 is 2.57 bits per heavy atom. The number of hydrogen-bond donors (Lipinski definition) is 2. The maximum atomic E-state index is 5.67. The Hall–Kier alpha value is -2.27. The molecule has 0 unspecified atom stereocenters. The highest BCUT2D eigenvalue weighted by Gasteiger charge is 2.02. The van der Waals surface area contributed by atoms with Crippen LogP contribution in [0.1, 0.15) is 19.4 Å². The molecule has 2 aromatic carbocycles. The van der Waals surface area contributed by atoms with Crippen molar-refractivity contribution in [3.05, 3.63) is 54.1 Å². The summed E-state index contributed by atoms with van der Waals surface area (Å²) < 4.78 is 10.9. The molecule has 0 atom stereocenters. The number of hydrogen-bond acceptors (Lipinski definition) is 3. The van der Waals surface area contributed by atoms with Gasteiger partial charge < -0.3 is 20.1 Å². The molecule has 0 bridgehead atoms. The third-order valence-electron chi connectivity index (χ3n) is 3.05. The van der Waals surface area contributed by atoms with Crippen LogP contribution in [0, 0.1) is 0 Å². The first-order chi connectivity index (χ1) is 11.1. The lowest BCUT2D eigenvalue weighted by atomic mass is 10.2. The fourth-order valence-electron chi connectivity index (χ4n) is 2.06. The Kier molecular flexibility index (Phi) is 6.23. The lowest BCUT2D eigenvalue weighted by molar-refractivity contribution is 0.242. The molecule has 23 heavy (non-hydrogen) atoms. The van der Waals surface area contributed by atoms with Crippen molar-refractivity contribution in [3.63, 3.8) is 0 Å². The van der Waals surface area contributed by atoms with Gasteiger partial charge in [-0.2, -0.15) is 0 Å².